The second-order valence-corrected chi connectivity index (χ2v) is 8.04. The van der Waals surface area contributed by atoms with Crippen LogP contribution in [-0.4, -0.2) is 41.0 Å². The Morgan fingerprint density at radius 1 is 0.960 bits per heavy atom. The van der Waals surface area contributed by atoms with E-state index in [-0.39, 0.29) is 0 Å². The largest absolute Gasteiger partial charge is 0.439 e. The van der Waals surface area contributed by atoms with E-state index in [1.807, 2.05) is 42.6 Å². The molecule has 1 saturated heterocycles. The molecule has 1 aliphatic rings. The average Bonchev–Trinajstić information content (AvgIpc) is 3.27. The summed E-state index contributed by atoms with van der Waals surface area (Å²) in [7, 11) is 0. The lowest BCUT2D eigenvalue weighted by atomic mass is 10.2. The van der Waals surface area contributed by atoms with Crippen molar-refractivity contribution in [2.24, 2.45) is 0 Å². The summed E-state index contributed by atoms with van der Waals surface area (Å²) in [5.74, 6) is 1.63. The van der Waals surface area contributed by atoms with Gasteiger partial charge in [0, 0.05) is 43.2 Å². The molecule has 3 heterocycles. The van der Waals surface area contributed by atoms with Crippen molar-refractivity contribution in [1.82, 2.24) is 14.8 Å². The molecule has 130 valence electrons. The van der Waals surface area contributed by atoms with E-state index in [0.29, 0.717) is 0 Å². The summed E-state index contributed by atoms with van der Waals surface area (Å²) in [4.78, 5) is 10.7. The van der Waals surface area contributed by atoms with Crippen LogP contribution < -0.4 is 0 Å². The minimum Gasteiger partial charge on any atom is -0.439 e. The molecule has 1 aromatic carbocycles. The molecule has 3 aromatic rings. The van der Waals surface area contributed by atoms with E-state index in [0.717, 1.165) is 60.8 Å². The van der Waals surface area contributed by atoms with Gasteiger partial charge in [-0.05, 0) is 12.1 Å². The Hall–Kier alpha value is -1.66. The Kier molecular flexibility index (Phi) is 5.17. The third kappa shape index (κ3) is 4.30. The first-order valence-corrected chi connectivity index (χ1v) is 9.65. The molecule has 0 bridgehead atoms. The number of hydrogen-bond donors (Lipinski definition) is 0. The summed E-state index contributed by atoms with van der Waals surface area (Å²) in [6, 6.07) is 14.2. The van der Waals surface area contributed by atoms with Crippen molar-refractivity contribution in [2.45, 2.75) is 13.1 Å². The molecule has 0 amide bonds. The molecule has 4 rings (SSSR count). The maximum absolute atomic E-state index is 6.01. The van der Waals surface area contributed by atoms with E-state index >= 15 is 0 Å². The maximum Gasteiger partial charge on any atom is 0.209 e. The van der Waals surface area contributed by atoms with Gasteiger partial charge in [-0.3, -0.25) is 9.80 Å². The Labute approximate surface area is 156 Å². The number of piperazine rings is 1. The Morgan fingerprint density at radius 2 is 1.68 bits per heavy atom. The fraction of sp³-hybridized carbons (Fsp3) is 0.316. The van der Waals surface area contributed by atoms with Crippen molar-refractivity contribution in [2.75, 3.05) is 26.2 Å². The normalized spacial score (nSPS) is 16.4. The molecule has 0 unspecified atom stereocenters. The van der Waals surface area contributed by atoms with Crippen LogP contribution in [0.3, 0.4) is 0 Å². The average molecular weight is 374 g/mol. The van der Waals surface area contributed by atoms with E-state index in [4.69, 9.17) is 16.0 Å². The van der Waals surface area contributed by atoms with Gasteiger partial charge < -0.3 is 4.42 Å². The summed E-state index contributed by atoms with van der Waals surface area (Å²) >= 11 is 7.68. The summed E-state index contributed by atoms with van der Waals surface area (Å²) in [5, 5.41) is 0. The van der Waals surface area contributed by atoms with Crippen molar-refractivity contribution in [1.29, 1.82) is 0 Å². The van der Waals surface area contributed by atoms with Gasteiger partial charge in [-0.2, -0.15) is 0 Å². The molecule has 0 aliphatic carbocycles. The number of hydrogen-bond acceptors (Lipinski definition) is 5. The van der Waals surface area contributed by atoms with Gasteiger partial charge in [-0.25, -0.2) is 4.98 Å². The first-order valence-electron chi connectivity index (χ1n) is 8.45. The number of thiophene rings is 1. The Bertz CT molecular complexity index is 809. The van der Waals surface area contributed by atoms with Crippen LogP contribution in [0.2, 0.25) is 4.34 Å². The molecular weight excluding hydrogens is 354 g/mol. The topological polar surface area (TPSA) is 32.5 Å². The zero-order chi connectivity index (χ0) is 17.1. The predicted octanol–water partition coefficient (Wildman–Crippen LogP) is 4.37. The minimum absolute atomic E-state index is 0.769. The van der Waals surface area contributed by atoms with Gasteiger partial charge in [0.05, 0.1) is 17.1 Å². The van der Waals surface area contributed by atoms with Crippen LogP contribution in [0.25, 0.3) is 11.3 Å². The predicted molar refractivity (Wildman–Crippen MR) is 102 cm³/mol. The number of nitrogens with zero attached hydrogens (tertiary/aromatic N) is 3. The van der Waals surface area contributed by atoms with Crippen LogP contribution in [0.5, 0.6) is 0 Å². The molecule has 0 atom stereocenters. The number of rotatable bonds is 5. The highest BCUT2D eigenvalue weighted by molar-refractivity contribution is 7.16. The lowest BCUT2D eigenvalue weighted by Crippen LogP contribution is -2.45. The fourth-order valence-corrected chi connectivity index (χ4v) is 4.20. The van der Waals surface area contributed by atoms with Gasteiger partial charge in [0.25, 0.3) is 0 Å². The van der Waals surface area contributed by atoms with Crippen LogP contribution in [0.4, 0.5) is 0 Å². The molecule has 1 aliphatic heterocycles. The van der Waals surface area contributed by atoms with E-state index in [9.17, 15) is 0 Å². The molecule has 1 fully saturated rings. The van der Waals surface area contributed by atoms with Gasteiger partial charge in [0.1, 0.15) is 0 Å². The summed E-state index contributed by atoms with van der Waals surface area (Å²) in [5.41, 5.74) is 1.07. The third-order valence-corrected chi connectivity index (χ3v) is 5.66. The van der Waals surface area contributed by atoms with Gasteiger partial charge in [0.15, 0.2) is 5.76 Å². The highest BCUT2D eigenvalue weighted by Gasteiger charge is 2.19. The second kappa shape index (κ2) is 7.70. The fourth-order valence-electron chi connectivity index (χ4n) is 3.07. The first-order chi connectivity index (χ1) is 12.3. The van der Waals surface area contributed by atoms with E-state index < -0.39 is 0 Å². The molecule has 0 saturated carbocycles. The van der Waals surface area contributed by atoms with Gasteiger partial charge in [0.2, 0.25) is 5.89 Å². The number of oxazole rings is 1. The molecule has 0 spiro atoms. The van der Waals surface area contributed by atoms with Crippen LogP contribution in [0, 0.1) is 0 Å². The van der Waals surface area contributed by atoms with Crippen LogP contribution in [0.15, 0.2) is 53.1 Å². The minimum atomic E-state index is 0.769. The maximum atomic E-state index is 6.01. The van der Waals surface area contributed by atoms with E-state index in [2.05, 4.69) is 20.9 Å². The molecule has 4 nitrogen and oxygen atoms in total. The second-order valence-electron chi connectivity index (χ2n) is 6.24. The summed E-state index contributed by atoms with van der Waals surface area (Å²) < 4.78 is 6.79. The van der Waals surface area contributed by atoms with Crippen LogP contribution in [-0.2, 0) is 13.1 Å². The number of benzene rings is 1. The van der Waals surface area contributed by atoms with Crippen molar-refractivity contribution in [3.05, 3.63) is 63.8 Å². The number of aromatic nitrogens is 1. The van der Waals surface area contributed by atoms with Gasteiger partial charge >= 0.3 is 0 Å². The van der Waals surface area contributed by atoms with Crippen LogP contribution >= 0.6 is 22.9 Å². The van der Waals surface area contributed by atoms with Crippen molar-refractivity contribution < 1.29 is 4.42 Å². The van der Waals surface area contributed by atoms with Gasteiger partial charge in [-0.15, -0.1) is 11.3 Å². The molecule has 0 radical (unpaired) electrons. The van der Waals surface area contributed by atoms with Gasteiger partial charge in [-0.1, -0.05) is 41.9 Å². The lowest BCUT2D eigenvalue weighted by Gasteiger charge is -2.33. The standard InChI is InChI=1S/C19H20ClN3OS/c20-18-7-6-16(25-18)13-22-8-10-23(11-9-22)14-19-21-12-17(24-19)15-4-2-1-3-5-15/h1-7,12H,8-11,13-14H2. The molecule has 6 heteroatoms. The zero-order valence-corrected chi connectivity index (χ0v) is 15.5. The summed E-state index contributed by atoms with van der Waals surface area (Å²) in [6.45, 7) is 5.93. The van der Waals surface area contributed by atoms with E-state index in [1.165, 1.54) is 4.88 Å². The smallest absolute Gasteiger partial charge is 0.209 e. The molecule has 0 N–H and O–H groups in total. The number of halogens is 1. The Morgan fingerprint density at radius 3 is 2.36 bits per heavy atom. The monoisotopic (exact) mass is 373 g/mol. The Balaban J connectivity index is 1.29. The highest BCUT2D eigenvalue weighted by atomic mass is 35.5. The quantitative estimate of drug-likeness (QED) is 0.664. The van der Waals surface area contributed by atoms with Crippen molar-refractivity contribution >= 4 is 22.9 Å². The highest BCUT2D eigenvalue weighted by Crippen LogP contribution is 2.24. The summed E-state index contributed by atoms with van der Waals surface area (Å²) in [6.07, 6.45) is 1.82. The van der Waals surface area contributed by atoms with E-state index in [1.54, 1.807) is 11.3 Å². The zero-order valence-electron chi connectivity index (χ0n) is 13.9. The van der Waals surface area contributed by atoms with Crippen LogP contribution in [0.1, 0.15) is 10.8 Å². The third-order valence-electron chi connectivity index (χ3n) is 4.44. The molecular formula is C19H20ClN3OS. The van der Waals surface area contributed by atoms with Crippen molar-refractivity contribution in [3.8, 4) is 11.3 Å². The first kappa shape index (κ1) is 16.8. The SMILES string of the molecule is Clc1ccc(CN2CCN(Cc3ncc(-c4ccccc4)o3)CC2)s1. The lowest BCUT2D eigenvalue weighted by molar-refractivity contribution is 0.115. The van der Waals surface area contributed by atoms with Crippen molar-refractivity contribution in [3.63, 3.8) is 0 Å². The molecule has 2 aromatic heterocycles. The molecule has 25 heavy (non-hydrogen) atoms.